The van der Waals surface area contributed by atoms with E-state index in [1.807, 2.05) is 25.2 Å². The fraction of sp³-hybridized carbons (Fsp3) is 0.429. The summed E-state index contributed by atoms with van der Waals surface area (Å²) in [4.78, 5) is 22.8. The van der Waals surface area contributed by atoms with Crippen molar-refractivity contribution in [2.75, 3.05) is 18.9 Å². The lowest BCUT2D eigenvalue weighted by Gasteiger charge is -2.20. The Balaban J connectivity index is 2.61. The fourth-order valence-corrected chi connectivity index (χ4v) is 1.53. The Labute approximate surface area is 118 Å². The number of aliphatic carboxylic acids is 1. The number of carbonyl (C=O) groups is 2. The molecule has 0 saturated heterocycles. The SMILES string of the molecule is CNCc1ccccc1NC(=O)NCC(C)(C)C(=O)O. The molecule has 2 amide bonds. The van der Waals surface area contributed by atoms with Crippen LogP contribution in [-0.2, 0) is 11.3 Å². The summed E-state index contributed by atoms with van der Waals surface area (Å²) in [6.45, 7) is 3.81. The first kappa shape index (κ1) is 16.0. The first-order valence-corrected chi connectivity index (χ1v) is 6.37. The topological polar surface area (TPSA) is 90.5 Å². The summed E-state index contributed by atoms with van der Waals surface area (Å²) < 4.78 is 0. The Bertz CT molecular complexity index is 486. The summed E-state index contributed by atoms with van der Waals surface area (Å²) in [6, 6.07) is 7.02. The van der Waals surface area contributed by atoms with Crippen LogP contribution in [0.25, 0.3) is 0 Å². The van der Waals surface area contributed by atoms with Gasteiger partial charge in [-0.15, -0.1) is 0 Å². The van der Waals surface area contributed by atoms with Crippen molar-refractivity contribution in [3.05, 3.63) is 29.8 Å². The molecule has 6 nitrogen and oxygen atoms in total. The molecule has 0 bridgehead atoms. The molecule has 20 heavy (non-hydrogen) atoms. The van der Waals surface area contributed by atoms with Gasteiger partial charge in [0.2, 0.25) is 0 Å². The largest absolute Gasteiger partial charge is 0.481 e. The predicted octanol–water partition coefficient (Wildman–Crippen LogP) is 1.64. The van der Waals surface area contributed by atoms with Crippen molar-refractivity contribution in [3.8, 4) is 0 Å². The van der Waals surface area contributed by atoms with E-state index in [1.165, 1.54) is 0 Å². The monoisotopic (exact) mass is 279 g/mol. The maximum Gasteiger partial charge on any atom is 0.319 e. The van der Waals surface area contributed by atoms with Crippen LogP contribution in [0.5, 0.6) is 0 Å². The minimum Gasteiger partial charge on any atom is -0.481 e. The van der Waals surface area contributed by atoms with Gasteiger partial charge in [-0.2, -0.15) is 0 Å². The van der Waals surface area contributed by atoms with Gasteiger partial charge < -0.3 is 21.1 Å². The van der Waals surface area contributed by atoms with E-state index in [2.05, 4.69) is 16.0 Å². The van der Waals surface area contributed by atoms with E-state index in [0.29, 0.717) is 12.2 Å². The lowest BCUT2D eigenvalue weighted by molar-refractivity contribution is -0.146. The van der Waals surface area contributed by atoms with Crippen molar-refractivity contribution < 1.29 is 14.7 Å². The molecule has 0 saturated carbocycles. The summed E-state index contributed by atoms with van der Waals surface area (Å²) in [6.07, 6.45) is 0. The van der Waals surface area contributed by atoms with Crippen LogP contribution in [0.3, 0.4) is 0 Å². The van der Waals surface area contributed by atoms with Crippen LogP contribution in [0.1, 0.15) is 19.4 Å². The highest BCUT2D eigenvalue weighted by Crippen LogP contribution is 2.15. The molecule has 1 aromatic rings. The van der Waals surface area contributed by atoms with Gasteiger partial charge in [0.15, 0.2) is 0 Å². The second-order valence-corrected chi connectivity index (χ2v) is 5.18. The van der Waals surface area contributed by atoms with Crippen LogP contribution < -0.4 is 16.0 Å². The lowest BCUT2D eigenvalue weighted by Crippen LogP contribution is -2.40. The summed E-state index contributed by atoms with van der Waals surface area (Å²) in [5, 5.41) is 17.3. The molecule has 0 atom stereocenters. The number of hydrogen-bond donors (Lipinski definition) is 4. The molecular weight excluding hydrogens is 258 g/mol. The molecule has 0 aliphatic carbocycles. The van der Waals surface area contributed by atoms with Crippen molar-refractivity contribution in [2.45, 2.75) is 20.4 Å². The van der Waals surface area contributed by atoms with Gasteiger partial charge >= 0.3 is 12.0 Å². The minimum absolute atomic E-state index is 0.0579. The lowest BCUT2D eigenvalue weighted by atomic mass is 9.94. The Hall–Kier alpha value is -2.08. The van der Waals surface area contributed by atoms with Gasteiger partial charge in [-0.1, -0.05) is 18.2 Å². The number of hydrogen-bond acceptors (Lipinski definition) is 3. The summed E-state index contributed by atoms with van der Waals surface area (Å²) >= 11 is 0. The average molecular weight is 279 g/mol. The highest BCUT2D eigenvalue weighted by atomic mass is 16.4. The minimum atomic E-state index is -0.998. The predicted molar refractivity (Wildman–Crippen MR) is 77.6 cm³/mol. The maximum atomic E-state index is 11.8. The fourth-order valence-electron chi connectivity index (χ4n) is 1.53. The number of urea groups is 1. The quantitative estimate of drug-likeness (QED) is 0.637. The Morgan fingerprint density at radius 2 is 1.90 bits per heavy atom. The summed E-state index contributed by atoms with van der Waals surface area (Å²) in [5.41, 5.74) is 0.664. The van der Waals surface area contributed by atoms with Gasteiger partial charge in [-0.25, -0.2) is 4.79 Å². The molecule has 0 aliphatic heterocycles. The molecule has 0 heterocycles. The Kier molecular flexibility index (Phi) is 5.52. The molecular formula is C14H21N3O3. The van der Waals surface area contributed by atoms with E-state index in [4.69, 9.17) is 5.11 Å². The van der Waals surface area contributed by atoms with Gasteiger partial charge in [0.05, 0.1) is 5.41 Å². The van der Waals surface area contributed by atoms with E-state index in [0.717, 1.165) is 5.56 Å². The highest BCUT2D eigenvalue weighted by molar-refractivity contribution is 5.90. The van der Waals surface area contributed by atoms with E-state index in [1.54, 1.807) is 19.9 Å². The number of benzene rings is 1. The van der Waals surface area contributed by atoms with Crippen LogP contribution in [0.4, 0.5) is 10.5 Å². The zero-order valence-corrected chi connectivity index (χ0v) is 12.0. The molecule has 0 aromatic heterocycles. The zero-order chi connectivity index (χ0) is 15.2. The third kappa shape index (κ3) is 4.55. The van der Waals surface area contributed by atoms with Crippen LogP contribution in [0, 0.1) is 5.41 Å². The Morgan fingerprint density at radius 1 is 1.25 bits per heavy atom. The number of carboxylic acids is 1. The number of carboxylic acid groups (broad SMARTS) is 1. The first-order chi connectivity index (χ1) is 9.36. The standard InChI is InChI=1S/C14H21N3O3/c1-14(2,12(18)19)9-16-13(20)17-11-7-5-4-6-10(11)8-15-3/h4-7,15H,8-9H2,1-3H3,(H,18,19)(H2,16,17,20). The molecule has 6 heteroatoms. The third-order valence-corrected chi connectivity index (χ3v) is 2.90. The van der Waals surface area contributed by atoms with Crippen molar-refractivity contribution in [2.24, 2.45) is 5.41 Å². The molecule has 1 rings (SSSR count). The van der Waals surface area contributed by atoms with Crippen molar-refractivity contribution in [3.63, 3.8) is 0 Å². The average Bonchev–Trinajstić information content (AvgIpc) is 2.39. The van der Waals surface area contributed by atoms with E-state index >= 15 is 0 Å². The van der Waals surface area contributed by atoms with Crippen molar-refractivity contribution >= 4 is 17.7 Å². The number of nitrogens with one attached hydrogen (secondary N) is 3. The van der Waals surface area contributed by atoms with Crippen LogP contribution >= 0.6 is 0 Å². The van der Waals surface area contributed by atoms with Gasteiger partial charge in [0.25, 0.3) is 0 Å². The zero-order valence-electron chi connectivity index (χ0n) is 12.0. The normalized spacial score (nSPS) is 10.9. The molecule has 110 valence electrons. The van der Waals surface area contributed by atoms with E-state index < -0.39 is 17.4 Å². The van der Waals surface area contributed by atoms with Crippen molar-refractivity contribution in [1.29, 1.82) is 0 Å². The van der Waals surface area contributed by atoms with E-state index in [-0.39, 0.29) is 6.54 Å². The van der Waals surface area contributed by atoms with Crippen LogP contribution in [0.2, 0.25) is 0 Å². The molecule has 4 N–H and O–H groups in total. The van der Waals surface area contributed by atoms with Gasteiger partial charge in [0, 0.05) is 18.8 Å². The number of anilines is 1. The second kappa shape index (κ2) is 6.91. The molecule has 0 spiro atoms. The number of carbonyl (C=O) groups excluding carboxylic acids is 1. The smallest absolute Gasteiger partial charge is 0.319 e. The van der Waals surface area contributed by atoms with Crippen LogP contribution in [0.15, 0.2) is 24.3 Å². The van der Waals surface area contributed by atoms with Crippen LogP contribution in [-0.4, -0.2) is 30.7 Å². The molecule has 0 radical (unpaired) electrons. The second-order valence-electron chi connectivity index (χ2n) is 5.18. The number of amides is 2. The maximum absolute atomic E-state index is 11.8. The van der Waals surface area contributed by atoms with Gasteiger partial charge in [-0.05, 0) is 32.5 Å². The summed E-state index contributed by atoms with van der Waals surface area (Å²) in [7, 11) is 1.83. The molecule has 1 aromatic carbocycles. The molecule has 0 fully saturated rings. The van der Waals surface area contributed by atoms with Crippen molar-refractivity contribution in [1.82, 2.24) is 10.6 Å². The Morgan fingerprint density at radius 3 is 2.50 bits per heavy atom. The number of rotatable bonds is 6. The first-order valence-electron chi connectivity index (χ1n) is 6.37. The van der Waals surface area contributed by atoms with Gasteiger partial charge in [-0.3, -0.25) is 4.79 Å². The van der Waals surface area contributed by atoms with E-state index in [9.17, 15) is 9.59 Å². The third-order valence-electron chi connectivity index (χ3n) is 2.90. The highest BCUT2D eigenvalue weighted by Gasteiger charge is 2.27. The molecule has 0 aliphatic rings. The van der Waals surface area contributed by atoms with Gasteiger partial charge in [0.1, 0.15) is 0 Å². The molecule has 0 unspecified atom stereocenters. The number of para-hydroxylation sites is 1. The summed E-state index contributed by atoms with van der Waals surface area (Å²) in [5.74, 6) is -0.951.